The Hall–Kier alpha value is -2.95. The number of ketones is 1. The lowest BCUT2D eigenvalue weighted by molar-refractivity contribution is -0.122. The minimum atomic E-state index is -3.90. The quantitative estimate of drug-likeness (QED) is 0.532. The number of rotatable bonds is 5. The molecule has 0 spiro atoms. The van der Waals surface area contributed by atoms with E-state index in [0.29, 0.717) is 0 Å². The van der Waals surface area contributed by atoms with Gasteiger partial charge >= 0.3 is 0 Å². The largest absolute Gasteiger partial charge is 0.324 e. The number of Topliss-reactive ketones (excluding diaryl/α,β-unsaturated/α-hetero) is 1. The van der Waals surface area contributed by atoms with E-state index < -0.39 is 34.1 Å². The number of carbonyl (C=O) groups excluding carboxylic acids is 2. The summed E-state index contributed by atoms with van der Waals surface area (Å²) in [5, 5.41) is 2.32. The van der Waals surface area contributed by atoms with E-state index in [1.807, 2.05) is 0 Å². The highest BCUT2D eigenvalue weighted by Crippen LogP contribution is 2.31. The third-order valence-electron chi connectivity index (χ3n) is 4.29. The number of likely N-dealkylation sites (N-methyl/N-ethyl adjacent to an activating group) is 1. The van der Waals surface area contributed by atoms with Crippen LogP contribution in [0.4, 0.5) is 10.1 Å². The zero-order chi connectivity index (χ0) is 22.1. The van der Waals surface area contributed by atoms with Crippen LogP contribution in [0.2, 0.25) is 5.02 Å². The fraction of sp³-hybridized carbons (Fsp3) is 0.158. The van der Waals surface area contributed by atoms with Crippen LogP contribution < -0.4 is 10.8 Å². The minimum Gasteiger partial charge on any atom is -0.324 e. The summed E-state index contributed by atoms with van der Waals surface area (Å²) in [6.07, 6.45) is 0. The first-order valence-electron chi connectivity index (χ1n) is 8.59. The maximum Gasteiger partial charge on any atom is 0.264 e. The molecule has 3 rings (SSSR count). The van der Waals surface area contributed by atoms with E-state index in [0.717, 1.165) is 10.4 Å². The predicted molar refractivity (Wildman–Crippen MR) is 108 cm³/mol. The molecule has 8 nitrogen and oxygen atoms in total. The fourth-order valence-electron chi connectivity index (χ4n) is 2.85. The van der Waals surface area contributed by atoms with Gasteiger partial charge < -0.3 is 5.32 Å². The summed E-state index contributed by atoms with van der Waals surface area (Å²) in [5.41, 5.74) is 2.74. The number of nitrogens with one attached hydrogen (secondary N) is 2. The van der Waals surface area contributed by atoms with E-state index in [4.69, 9.17) is 16.4 Å². The molecule has 1 aliphatic rings. The molecule has 0 saturated heterocycles. The van der Waals surface area contributed by atoms with E-state index in [-0.39, 0.29) is 32.6 Å². The lowest BCUT2D eigenvalue weighted by Gasteiger charge is -2.29. The van der Waals surface area contributed by atoms with E-state index >= 15 is 0 Å². The first kappa shape index (κ1) is 21.8. The summed E-state index contributed by atoms with van der Waals surface area (Å²) in [7, 11) is -2.64. The third kappa shape index (κ3) is 4.16. The monoisotopic (exact) mass is 453 g/mol. The van der Waals surface area contributed by atoms with Crippen molar-refractivity contribution < 1.29 is 27.2 Å². The van der Waals surface area contributed by atoms with Crippen LogP contribution in [0.5, 0.6) is 0 Å². The van der Waals surface area contributed by atoms with Crippen molar-refractivity contribution in [3.8, 4) is 0 Å². The van der Waals surface area contributed by atoms with E-state index in [1.54, 1.807) is 6.07 Å². The van der Waals surface area contributed by atoms with Gasteiger partial charge in [-0.1, -0.05) is 23.7 Å². The van der Waals surface area contributed by atoms with Gasteiger partial charge in [-0.3, -0.25) is 24.2 Å². The Morgan fingerprint density at radius 2 is 1.93 bits per heavy atom. The molecule has 158 valence electrons. The van der Waals surface area contributed by atoms with Crippen LogP contribution in [0.1, 0.15) is 17.3 Å². The van der Waals surface area contributed by atoms with Gasteiger partial charge in [-0.15, -0.1) is 0 Å². The number of carbonyl (C=O) groups is 2. The van der Waals surface area contributed by atoms with Crippen LogP contribution in [0.25, 0.3) is 0 Å². The Balaban J connectivity index is 1.70. The lowest BCUT2D eigenvalue weighted by Crippen LogP contribution is -2.38. The molecule has 11 heteroatoms. The van der Waals surface area contributed by atoms with Crippen molar-refractivity contribution in [2.45, 2.75) is 11.8 Å². The summed E-state index contributed by atoms with van der Waals surface area (Å²) in [5.74, 6) is -1.70. The highest BCUT2D eigenvalue weighted by molar-refractivity contribution is 7.89. The van der Waals surface area contributed by atoms with Crippen LogP contribution in [0.3, 0.4) is 0 Å². The Labute approximate surface area is 177 Å². The smallest absolute Gasteiger partial charge is 0.264 e. The maximum atomic E-state index is 13.2. The number of benzene rings is 2. The average molecular weight is 454 g/mol. The minimum absolute atomic E-state index is 0.0534. The summed E-state index contributed by atoms with van der Waals surface area (Å²) < 4.78 is 39.4. The van der Waals surface area contributed by atoms with Crippen LogP contribution in [0.15, 0.2) is 58.8 Å². The van der Waals surface area contributed by atoms with Crippen LogP contribution >= 0.6 is 11.6 Å². The molecule has 1 heterocycles. The average Bonchev–Trinajstić information content (AvgIpc) is 2.70. The standard InChI is InChI=1S/C19H17ClFN3O5S/c1-11(23-29-10-17(25)22-12-7-8-15(21)14(20)9-12)18-19(26)13-5-3-4-6-16(13)30(27,28)24(18)2/h3-9,23H,10H2,1-2H3,(H,22,25). The van der Waals surface area contributed by atoms with Gasteiger partial charge in [0, 0.05) is 18.3 Å². The number of hydroxylamine groups is 1. The maximum absolute atomic E-state index is 13.2. The molecule has 0 unspecified atom stereocenters. The van der Waals surface area contributed by atoms with Crippen molar-refractivity contribution in [3.05, 3.63) is 70.3 Å². The second-order valence-corrected chi connectivity index (χ2v) is 8.68. The molecular formula is C19H17ClFN3O5S. The molecule has 1 aliphatic heterocycles. The summed E-state index contributed by atoms with van der Waals surface area (Å²) in [6, 6.07) is 9.58. The van der Waals surface area contributed by atoms with Crippen molar-refractivity contribution in [2.24, 2.45) is 0 Å². The van der Waals surface area contributed by atoms with Gasteiger partial charge in [0.2, 0.25) is 5.78 Å². The lowest BCUT2D eigenvalue weighted by atomic mass is 10.1. The number of sulfonamides is 1. The molecule has 0 saturated carbocycles. The van der Waals surface area contributed by atoms with E-state index in [9.17, 15) is 22.4 Å². The van der Waals surface area contributed by atoms with Crippen LogP contribution in [-0.4, -0.2) is 38.1 Å². The van der Waals surface area contributed by atoms with E-state index in [2.05, 4.69) is 10.8 Å². The molecule has 1 amide bonds. The number of fused-ring (bicyclic) bond motifs is 1. The van der Waals surface area contributed by atoms with Gasteiger partial charge in [-0.05, 0) is 37.3 Å². The van der Waals surface area contributed by atoms with Gasteiger partial charge in [0.05, 0.1) is 15.6 Å². The summed E-state index contributed by atoms with van der Waals surface area (Å²) >= 11 is 5.65. The van der Waals surface area contributed by atoms with Crippen molar-refractivity contribution in [1.29, 1.82) is 0 Å². The van der Waals surface area contributed by atoms with Gasteiger partial charge in [-0.25, -0.2) is 12.8 Å². The number of anilines is 1. The second-order valence-electron chi connectivity index (χ2n) is 6.34. The molecule has 0 aromatic heterocycles. The van der Waals surface area contributed by atoms with Gasteiger partial charge in [0.1, 0.15) is 11.5 Å². The van der Waals surface area contributed by atoms with Gasteiger partial charge in [0.15, 0.2) is 6.61 Å². The van der Waals surface area contributed by atoms with Gasteiger partial charge in [-0.2, -0.15) is 0 Å². The third-order valence-corrected chi connectivity index (χ3v) is 6.39. The normalized spacial score (nSPS) is 16.7. The first-order valence-corrected chi connectivity index (χ1v) is 10.4. The first-order chi connectivity index (χ1) is 14.1. The highest BCUT2D eigenvalue weighted by atomic mass is 35.5. The topological polar surface area (TPSA) is 105 Å². The SMILES string of the molecule is CC(NOCC(=O)Nc1ccc(F)c(Cl)c1)=C1C(=O)c2ccccc2S(=O)(=O)N1C. The number of amides is 1. The zero-order valence-electron chi connectivity index (χ0n) is 15.9. The predicted octanol–water partition coefficient (Wildman–Crippen LogP) is 2.69. The molecule has 0 fully saturated rings. The van der Waals surface area contributed by atoms with Crippen molar-refractivity contribution >= 4 is 39.0 Å². The summed E-state index contributed by atoms with van der Waals surface area (Å²) in [6.45, 7) is 0.978. The molecule has 0 bridgehead atoms. The number of hydrogen-bond acceptors (Lipinski definition) is 6. The Morgan fingerprint density at radius 1 is 1.23 bits per heavy atom. The molecule has 2 aromatic carbocycles. The number of hydrogen-bond donors (Lipinski definition) is 2. The van der Waals surface area contributed by atoms with Gasteiger partial charge in [0.25, 0.3) is 15.9 Å². The molecule has 30 heavy (non-hydrogen) atoms. The molecule has 2 N–H and O–H groups in total. The molecule has 2 aromatic rings. The summed E-state index contributed by atoms with van der Waals surface area (Å²) in [4.78, 5) is 29.7. The number of halogens is 2. The Morgan fingerprint density at radius 3 is 2.63 bits per heavy atom. The van der Waals surface area contributed by atoms with Crippen LogP contribution in [-0.2, 0) is 19.7 Å². The zero-order valence-corrected chi connectivity index (χ0v) is 17.5. The van der Waals surface area contributed by atoms with Crippen LogP contribution in [0, 0.1) is 5.82 Å². The van der Waals surface area contributed by atoms with Crippen molar-refractivity contribution in [1.82, 2.24) is 9.79 Å². The highest BCUT2D eigenvalue weighted by Gasteiger charge is 2.38. The fourth-order valence-corrected chi connectivity index (χ4v) is 4.48. The second kappa shape index (κ2) is 8.42. The Bertz CT molecular complexity index is 1170. The molecule has 0 radical (unpaired) electrons. The molecule has 0 aliphatic carbocycles. The van der Waals surface area contributed by atoms with Crippen molar-refractivity contribution in [2.75, 3.05) is 19.0 Å². The van der Waals surface area contributed by atoms with Crippen molar-refractivity contribution in [3.63, 3.8) is 0 Å². The molecule has 0 atom stereocenters. The number of allylic oxidation sites excluding steroid dienone is 2. The van der Waals surface area contributed by atoms with E-state index in [1.165, 1.54) is 44.3 Å². The Kier molecular flexibility index (Phi) is 6.11. The molecular weight excluding hydrogens is 437 g/mol. The number of nitrogens with zero attached hydrogens (tertiary/aromatic N) is 1.